The molecule has 1 atom stereocenters. The molecular formula is C25H27NO2P+. The van der Waals surface area contributed by atoms with Gasteiger partial charge >= 0.3 is 5.97 Å². The molecule has 29 heavy (non-hydrogen) atoms. The van der Waals surface area contributed by atoms with Crippen LogP contribution in [-0.4, -0.2) is 36.3 Å². The highest BCUT2D eigenvalue weighted by atomic mass is 31.2. The monoisotopic (exact) mass is 404 g/mol. The number of benzene rings is 3. The lowest BCUT2D eigenvalue weighted by Gasteiger charge is -2.41. The van der Waals surface area contributed by atoms with Gasteiger partial charge in [-0.1, -0.05) is 61.5 Å². The zero-order chi connectivity index (χ0) is 20.1. The Morgan fingerprint density at radius 1 is 0.828 bits per heavy atom. The molecule has 0 spiro atoms. The quantitative estimate of drug-likeness (QED) is 0.465. The van der Waals surface area contributed by atoms with E-state index < -0.39 is 7.26 Å². The van der Waals surface area contributed by atoms with Crippen molar-refractivity contribution in [2.45, 2.75) is 19.1 Å². The summed E-state index contributed by atoms with van der Waals surface area (Å²) in [6.07, 6.45) is 0.958. The van der Waals surface area contributed by atoms with Crippen molar-refractivity contribution in [3.63, 3.8) is 0 Å². The van der Waals surface area contributed by atoms with Gasteiger partial charge in [0, 0.05) is 6.54 Å². The Morgan fingerprint density at radius 2 is 1.28 bits per heavy atom. The molecule has 4 heteroatoms. The fourth-order valence-electron chi connectivity index (χ4n) is 4.55. The molecule has 3 aromatic rings. The maximum atomic E-state index is 12.2. The molecular weight excluding hydrogens is 377 g/mol. The minimum Gasteiger partial charge on any atom is -0.463 e. The van der Waals surface area contributed by atoms with Gasteiger partial charge in [0.25, 0.3) is 0 Å². The summed E-state index contributed by atoms with van der Waals surface area (Å²) in [5, 5.41) is 4.05. The number of carbonyl (C=O) groups is 1. The first-order valence-electron chi connectivity index (χ1n) is 10.2. The number of morpholine rings is 1. The molecule has 1 saturated heterocycles. The van der Waals surface area contributed by atoms with E-state index in [1.807, 2.05) is 0 Å². The smallest absolute Gasteiger partial charge is 0.320 e. The zero-order valence-electron chi connectivity index (χ0n) is 16.8. The van der Waals surface area contributed by atoms with E-state index in [1.165, 1.54) is 15.9 Å². The standard InChI is InChI=1S/C25H27NO2P/c1-2-24(26-18-19-28-25(27)20-26)29(21-12-6-3-7-13-21,22-14-8-4-9-15-22)23-16-10-5-11-17-23/h3-17,24H,2,18-20H2,1H3/q+1. The average molecular weight is 404 g/mol. The van der Waals surface area contributed by atoms with Crippen LogP contribution in [0.3, 0.4) is 0 Å². The van der Waals surface area contributed by atoms with Crippen LogP contribution in [0.4, 0.5) is 0 Å². The van der Waals surface area contributed by atoms with Crippen molar-refractivity contribution >= 4 is 29.1 Å². The number of hydrogen-bond acceptors (Lipinski definition) is 3. The molecule has 3 nitrogen and oxygen atoms in total. The average Bonchev–Trinajstić information content (AvgIpc) is 2.79. The van der Waals surface area contributed by atoms with Crippen LogP contribution in [0.1, 0.15) is 13.3 Å². The molecule has 148 valence electrons. The summed E-state index contributed by atoms with van der Waals surface area (Å²) < 4.78 is 5.26. The van der Waals surface area contributed by atoms with Gasteiger partial charge in [-0.15, -0.1) is 0 Å². The Morgan fingerprint density at radius 3 is 1.66 bits per heavy atom. The van der Waals surface area contributed by atoms with E-state index in [9.17, 15) is 4.79 Å². The van der Waals surface area contributed by atoms with Crippen LogP contribution in [0.2, 0.25) is 0 Å². The van der Waals surface area contributed by atoms with Crippen LogP contribution in [0.15, 0.2) is 91.0 Å². The highest BCUT2D eigenvalue weighted by Gasteiger charge is 2.54. The highest BCUT2D eigenvalue weighted by molar-refractivity contribution is 7.96. The fraction of sp³-hybridized carbons (Fsp3) is 0.240. The zero-order valence-corrected chi connectivity index (χ0v) is 17.7. The van der Waals surface area contributed by atoms with E-state index in [1.54, 1.807) is 0 Å². The van der Waals surface area contributed by atoms with Gasteiger partial charge in [0.05, 0.1) is 0 Å². The molecule has 0 N–H and O–H groups in total. The van der Waals surface area contributed by atoms with Crippen LogP contribution in [0.5, 0.6) is 0 Å². The van der Waals surface area contributed by atoms with Crippen LogP contribution in [0.25, 0.3) is 0 Å². The third-order valence-electron chi connectivity index (χ3n) is 5.70. The van der Waals surface area contributed by atoms with Crippen LogP contribution in [-0.2, 0) is 9.53 Å². The summed E-state index contributed by atoms with van der Waals surface area (Å²) in [6, 6.07) is 32.6. The molecule has 1 heterocycles. The molecule has 0 aromatic heterocycles. The van der Waals surface area contributed by atoms with Crippen molar-refractivity contribution in [3.05, 3.63) is 91.0 Å². The number of esters is 1. The number of carbonyl (C=O) groups excluding carboxylic acids is 1. The number of hydrogen-bond donors (Lipinski definition) is 0. The summed E-state index contributed by atoms with van der Waals surface area (Å²) in [6.45, 7) is 3.84. The van der Waals surface area contributed by atoms with Gasteiger partial charge in [-0.05, 0) is 42.8 Å². The normalized spacial score (nSPS) is 16.2. The highest BCUT2D eigenvalue weighted by Crippen LogP contribution is 2.61. The molecule has 0 saturated carbocycles. The predicted octanol–water partition coefficient (Wildman–Crippen LogP) is 3.58. The lowest BCUT2D eigenvalue weighted by molar-refractivity contribution is -0.150. The molecule has 4 rings (SSSR count). The molecule has 0 radical (unpaired) electrons. The topological polar surface area (TPSA) is 29.5 Å². The van der Waals surface area contributed by atoms with E-state index >= 15 is 0 Å². The second kappa shape index (κ2) is 8.90. The Balaban J connectivity index is 2.00. The van der Waals surface area contributed by atoms with Crippen molar-refractivity contribution in [1.82, 2.24) is 4.90 Å². The second-order valence-corrected chi connectivity index (χ2v) is 10.9. The van der Waals surface area contributed by atoms with E-state index in [-0.39, 0.29) is 11.8 Å². The van der Waals surface area contributed by atoms with Crippen molar-refractivity contribution in [2.24, 2.45) is 0 Å². The summed E-state index contributed by atoms with van der Waals surface area (Å²) in [5.74, 6) is 0.101. The second-order valence-electron chi connectivity index (χ2n) is 7.31. The van der Waals surface area contributed by atoms with Gasteiger partial charge in [-0.25, -0.2) is 0 Å². The Labute approximate surface area is 173 Å². The minimum absolute atomic E-state index is 0.123. The maximum absolute atomic E-state index is 12.2. The van der Waals surface area contributed by atoms with E-state index in [0.717, 1.165) is 13.0 Å². The van der Waals surface area contributed by atoms with Gasteiger partial charge < -0.3 is 4.74 Å². The van der Waals surface area contributed by atoms with Crippen molar-refractivity contribution < 1.29 is 9.53 Å². The lowest BCUT2D eigenvalue weighted by atomic mass is 10.3. The minimum atomic E-state index is -2.04. The summed E-state index contributed by atoms with van der Waals surface area (Å²) in [7, 11) is -2.04. The molecule has 1 aliphatic rings. The van der Waals surface area contributed by atoms with Gasteiger partial charge in [-0.2, -0.15) is 0 Å². The first kappa shape index (κ1) is 19.8. The summed E-state index contributed by atoms with van der Waals surface area (Å²) in [4.78, 5) is 14.5. The van der Waals surface area contributed by atoms with E-state index in [0.29, 0.717) is 13.2 Å². The molecule has 0 amide bonds. The van der Waals surface area contributed by atoms with Crippen molar-refractivity contribution in [3.8, 4) is 0 Å². The van der Waals surface area contributed by atoms with Gasteiger partial charge in [0.15, 0.2) is 0 Å². The van der Waals surface area contributed by atoms with Gasteiger partial charge in [0.2, 0.25) is 0 Å². The maximum Gasteiger partial charge on any atom is 0.320 e. The van der Waals surface area contributed by atoms with Gasteiger partial charge in [0.1, 0.15) is 42.1 Å². The summed E-state index contributed by atoms with van der Waals surface area (Å²) >= 11 is 0. The number of nitrogens with zero attached hydrogens (tertiary/aromatic N) is 1. The lowest BCUT2D eigenvalue weighted by Crippen LogP contribution is -2.52. The Bertz CT molecular complexity index is 834. The van der Waals surface area contributed by atoms with E-state index in [4.69, 9.17) is 4.74 Å². The third-order valence-corrected chi connectivity index (χ3v) is 10.6. The number of cyclic esters (lactones) is 1. The predicted molar refractivity (Wildman–Crippen MR) is 122 cm³/mol. The largest absolute Gasteiger partial charge is 0.463 e. The van der Waals surface area contributed by atoms with Crippen molar-refractivity contribution in [2.75, 3.05) is 19.7 Å². The Kier molecular flexibility index (Phi) is 6.08. The number of ether oxygens (including phenoxy) is 1. The fourth-order valence-corrected chi connectivity index (χ4v) is 9.64. The molecule has 1 fully saturated rings. The molecule has 1 aliphatic heterocycles. The first-order chi connectivity index (χ1) is 14.3. The SMILES string of the molecule is CCC(N1CCOC(=O)C1)[P+](c1ccccc1)(c1ccccc1)c1ccccc1. The molecule has 3 aromatic carbocycles. The van der Waals surface area contributed by atoms with E-state index in [2.05, 4.69) is 103 Å². The number of rotatable bonds is 6. The van der Waals surface area contributed by atoms with Crippen LogP contribution < -0.4 is 15.9 Å². The molecule has 1 unspecified atom stereocenters. The third kappa shape index (κ3) is 3.73. The summed E-state index contributed by atoms with van der Waals surface area (Å²) in [5.41, 5.74) is 0. The van der Waals surface area contributed by atoms with Crippen LogP contribution >= 0.6 is 7.26 Å². The first-order valence-corrected chi connectivity index (χ1v) is 12.1. The van der Waals surface area contributed by atoms with Crippen molar-refractivity contribution in [1.29, 1.82) is 0 Å². The Hall–Kier alpha value is -2.48. The molecule has 0 bridgehead atoms. The van der Waals surface area contributed by atoms with Crippen LogP contribution in [0, 0.1) is 0 Å². The molecule has 0 aliphatic carbocycles. The van der Waals surface area contributed by atoms with Gasteiger partial charge in [-0.3, -0.25) is 9.69 Å².